The van der Waals surface area contributed by atoms with Gasteiger partial charge >= 0.3 is 6.18 Å². The molecule has 1 aliphatic rings. The fraction of sp³-hybridized carbons (Fsp3) is 0.429. The SMILES string of the molecule is CCn1c(C(F)(F)F)cc2nc(-c3ncc(C4(C#N)CC4)cc3[S@@](=N)(=O)CC)n(C)c2c1=O. The molecule has 0 amide bonds. The number of pyridine rings is 2. The highest BCUT2D eigenvalue weighted by atomic mass is 32.2. The summed E-state index contributed by atoms with van der Waals surface area (Å²) in [6, 6.07) is 4.56. The van der Waals surface area contributed by atoms with Crippen LogP contribution in [0.15, 0.2) is 28.0 Å². The van der Waals surface area contributed by atoms with Crippen LogP contribution in [-0.2, 0) is 34.9 Å². The topological polar surface area (TPSA) is 117 Å². The first-order chi connectivity index (χ1) is 15.4. The van der Waals surface area contributed by atoms with E-state index >= 15 is 0 Å². The zero-order valence-electron chi connectivity index (χ0n) is 18.2. The maximum absolute atomic E-state index is 13.5. The fourth-order valence-corrected chi connectivity index (χ4v) is 5.03. The summed E-state index contributed by atoms with van der Waals surface area (Å²) in [6.07, 6.45) is -2.05. The van der Waals surface area contributed by atoms with E-state index in [0.717, 1.165) is 6.07 Å². The Kier molecular flexibility index (Phi) is 5.16. The minimum absolute atomic E-state index is 0.0286. The van der Waals surface area contributed by atoms with E-state index in [2.05, 4.69) is 16.0 Å². The normalized spacial score (nSPS) is 17.0. The van der Waals surface area contributed by atoms with Crippen LogP contribution >= 0.6 is 0 Å². The molecule has 1 saturated carbocycles. The molecule has 1 N–H and O–H groups in total. The van der Waals surface area contributed by atoms with Gasteiger partial charge in [0.15, 0.2) is 5.82 Å². The van der Waals surface area contributed by atoms with Crippen LogP contribution in [0, 0.1) is 16.1 Å². The molecule has 4 rings (SSSR count). The Morgan fingerprint density at radius 1 is 1.30 bits per heavy atom. The van der Waals surface area contributed by atoms with Crippen LogP contribution < -0.4 is 5.56 Å². The molecule has 0 aliphatic heterocycles. The van der Waals surface area contributed by atoms with Crippen molar-refractivity contribution in [2.24, 2.45) is 7.05 Å². The zero-order valence-corrected chi connectivity index (χ0v) is 19.0. The Hall–Kier alpha value is -3.20. The highest BCUT2D eigenvalue weighted by Gasteiger charge is 2.46. The third-order valence-corrected chi connectivity index (χ3v) is 7.92. The molecule has 12 heteroatoms. The Morgan fingerprint density at radius 3 is 2.48 bits per heavy atom. The minimum atomic E-state index is -4.75. The second kappa shape index (κ2) is 7.41. The average molecular weight is 479 g/mol. The van der Waals surface area contributed by atoms with Crippen LogP contribution in [-0.4, -0.2) is 29.1 Å². The van der Waals surface area contributed by atoms with E-state index < -0.39 is 32.6 Å². The third-order valence-electron chi connectivity index (χ3n) is 6.08. The van der Waals surface area contributed by atoms with Gasteiger partial charge in [-0.05, 0) is 37.5 Å². The molecule has 33 heavy (non-hydrogen) atoms. The van der Waals surface area contributed by atoms with Crippen molar-refractivity contribution in [1.29, 1.82) is 10.0 Å². The van der Waals surface area contributed by atoms with E-state index in [0.29, 0.717) is 23.0 Å². The van der Waals surface area contributed by atoms with Gasteiger partial charge in [-0.1, -0.05) is 6.92 Å². The fourth-order valence-electron chi connectivity index (χ4n) is 3.95. The molecule has 0 aromatic carbocycles. The van der Waals surface area contributed by atoms with E-state index in [-0.39, 0.29) is 39.7 Å². The third kappa shape index (κ3) is 3.51. The minimum Gasteiger partial charge on any atom is -0.321 e. The van der Waals surface area contributed by atoms with Gasteiger partial charge in [-0.15, -0.1) is 0 Å². The number of rotatable bonds is 5. The van der Waals surface area contributed by atoms with Gasteiger partial charge < -0.3 is 9.13 Å². The Balaban J connectivity index is 2.04. The number of hydrogen-bond acceptors (Lipinski definition) is 6. The zero-order chi connectivity index (χ0) is 24.3. The van der Waals surface area contributed by atoms with E-state index in [1.807, 2.05) is 0 Å². The van der Waals surface area contributed by atoms with E-state index in [1.54, 1.807) is 6.92 Å². The largest absolute Gasteiger partial charge is 0.431 e. The van der Waals surface area contributed by atoms with Gasteiger partial charge in [-0.3, -0.25) is 9.78 Å². The number of halogens is 3. The molecular weight excluding hydrogens is 457 g/mol. The lowest BCUT2D eigenvalue weighted by molar-refractivity contribution is -0.144. The molecule has 0 saturated heterocycles. The Labute approximate surface area is 187 Å². The van der Waals surface area contributed by atoms with E-state index in [9.17, 15) is 27.4 Å². The van der Waals surface area contributed by atoms with Crippen LogP contribution in [0.25, 0.3) is 22.6 Å². The molecule has 3 aromatic rings. The predicted molar refractivity (Wildman–Crippen MR) is 115 cm³/mol. The van der Waals surface area contributed by atoms with Crippen LogP contribution in [0.5, 0.6) is 0 Å². The van der Waals surface area contributed by atoms with Crippen molar-refractivity contribution in [2.45, 2.75) is 49.7 Å². The highest BCUT2D eigenvalue weighted by molar-refractivity contribution is 7.92. The van der Waals surface area contributed by atoms with Crippen LogP contribution in [0.1, 0.15) is 37.9 Å². The first-order valence-corrected chi connectivity index (χ1v) is 12.0. The lowest BCUT2D eigenvalue weighted by atomic mass is 9.99. The van der Waals surface area contributed by atoms with Crippen molar-refractivity contribution >= 4 is 20.8 Å². The average Bonchev–Trinajstić information content (AvgIpc) is 3.50. The maximum Gasteiger partial charge on any atom is 0.431 e. The van der Waals surface area contributed by atoms with Crippen molar-refractivity contribution in [3.63, 3.8) is 0 Å². The van der Waals surface area contributed by atoms with Crippen molar-refractivity contribution in [3.8, 4) is 17.6 Å². The summed E-state index contributed by atoms with van der Waals surface area (Å²) in [5.74, 6) is -0.00368. The second-order valence-electron chi connectivity index (χ2n) is 8.03. The molecule has 3 aromatic heterocycles. The summed E-state index contributed by atoms with van der Waals surface area (Å²) in [5, 5.41) is 9.52. The molecule has 3 heterocycles. The molecule has 0 unspecified atom stereocenters. The van der Waals surface area contributed by atoms with Crippen LogP contribution in [0.3, 0.4) is 0 Å². The van der Waals surface area contributed by atoms with Gasteiger partial charge in [0.05, 0.1) is 31.6 Å². The standard InChI is InChI=1S/C21H21F3N6O2S/c1-4-30-15(21(22,23)24)9-13-17(19(30)31)29(3)18(28-13)16-14(33(26,32)5-2)8-12(10-27-16)20(11-25)6-7-20/h8-10,26H,4-7H2,1-3H3/t33-/m0/s1. The first-order valence-electron chi connectivity index (χ1n) is 10.3. The molecule has 0 spiro atoms. The quantitative estimate of drug-likeness (QED) is 0.598. The van der Waals surface area contributed by atoms with Gasteiger partial charge in [0, 0.05) is 25.5 Å². The number of alkyl halides is 3. The van der Waals surface area contributed by atoms with Crippen LogP contribution in [0.4, 0.5) is 13.2 Å². The lowest BCUT2D eigenvalue weighted by Crippen LogP contribution is -2.28. The van der Waals surface area contributed by atoms with Crippen LogP contribution in [0.2, 0.25) is 0 Å². The van der Waals surface area contributed by atoms with Gasteiger partial charge in [-0.2, -0.15) is 18.4 Å². The molecule has 1 aliphatic carbocycles. The molecule has 1 atom stereocenters. The van der Waals surface area contributed by atoms with Gasteiger partial charge in [-0.25, -0.2) is 14.0 Å². The first kappa shape index (κ1) is 23.0. The summed E-state index contributed by atoms with van der Waals surface area (Å²) >= 11 is 0. The summed E-state index contributed by atoms with van der Waals surface area (Å²) in [4.78, 5) is 21.6. The molecule has 0 radical (unpaired) electrons. The predicted octanol–water partition coefficient (Wildman–Crippen LogP) is 3.82. The molecule has 1 fully saturated rings. The number of imidazole rings is 1. The summed E-state index contributed by atoms with van der Waals surface area (Å²) in [6.45, 7) is 2.83. The van der Waals surface area contributed by atoms with Crippen molar-refractivity contribution in [2.75, 3.05) is 5.75 Å². The Bertz CT molecular complexity index is 1490. The number of aromatic nitrogens is 4. The summed E-state index contributed by atoms with van der Waals surface area (Å²) in [5.41, 5.74) is -2.33. The highest BCUT2D eigenvalue weighted by Crippen LogP contribution is 2.48. The lowest BCUT2D eigenvalue weighted by Gasteiger charge is -2.15. The summed E-state index contributed by atoms with van der Waals surface area (Å²) < 4.78 is 64.0. The number of nitrogens with one attached hydrogen (secondary N) is 1. The number of nitriles is 1. The van der Waals surface area contributed by atoms with Crippen molar-refractivity contribution in [3.05, 3.63) is 39.9 Å². The second-order valence-corrected chi connectivity index (χ2v) is 10.4. The molecule has 174 valence electrons. The number of hydrogen-bond donors (Lipinski definition) is 1. The summed E-state index contributed by atoms with van der Waals surface area (Å²) in [7, 11) is -1.87. The molecular formula is C21H21F3N6O2S. The van der Waals surface area contributed by atoms with Gasteiger partial charge in [0.25, 0.3) is 5.56 Å². The number of fused-ring (bicyclic) bond motifs is 1. The van der Waals surface area contributed by atoms with E-state index in [4.69, 9.17) is 4.78 Å². The maximum atomic E-state index is 13.5. The smallest absolute Gasteiger partial charge is 0.321 e. The molecule has 8 nitrogen and oxygen atoms in total. The van der Waals surface area contributed by atoms with Gasteiger partial charge in [0.1, 0.15) is 16.9 Å². The van der Waals surface area contributed by atoms with E-state index in [1.165, 1.54) is 30.8 Å². The number of nitrogens with zero attached hydrogens (tertiary/aromatic N) is 5. The molecule has 0 bridgehead atoms. The van der Waals surface area contributed by atoms with Gasteiger partial charge in [0.2, 0.25) is 0 Å². The Morgan fingerprint density at radius 2 is 1.97 bits per heavy atom. The monoisotopic (exact) mass is 478 g/mol. The van der Waals surface area contributed by atoms with Crippen molar-refractivity contribution < 1.29 is 17.4 Å². The van der Waals surface area contributed by atoms with Crippen molar-refractivity contribution in [1.82, 2.24) is 19.1 Å². The number of aryl methyl sites for hydroxylation is 1.